The van der Waals surface area contributed by atoms with E-state index in [0.717, 1.165) is 11.3 Å². The molecule has 0 saturated carbocycles. The molecule has 0 aliphatic carbocycles. The van der Waals surface area contributed by atoms with Crippen molar-refractivity contribution < 1.29 is 4.74 Å². The van der Waals surface area contributed by atoms with E-state index in [-0.39, 0.29) is 11.6 Å². The summed E-state index contributed by atoms with van der Waals surface area (Å²) in [5.41, 5.74) is 6.87. The molecule has 3 nitrogen and oxygen atoms in total. The summed E-state index contributed by atoms with van der Waals surface area (Å²) in [5.74, 6) is 0.812. The van der Waals surface area contributed by atoms with E-state index in [9.17, 15) is 0 Å². The van der Waals surface area contributed by atoms with Crippen molar-refractivity contribution in [1.82, 2.24) is 4.90 Å². The van der Waals surface area contributed by atoms with Crippen LogP contribution < -0.4 is 10.5 Å². The van der Waals surface area contributed by atoms with Gasteiger partial charge >= 0.3 is 0 Å². The first-order chi connectivity index (χ1) is 7.77. The topological polar surface area (TPSA) is 38.5 Å². The van der Waals surface area contributed by atoms with Crippen LogP contribution in [-0.4, -0.2) is 31.6 Å². The third-order valence-electron chi connectivity index (χ3n) is 2.71. The normalized spacial score (nSPS) is 13.9. The van der Waals surface area contributed by atoms with Crippen molar-refractivity contribution in [2.75, 3.05) is 21.2 Å². The zero-order valence-electron chi connectivity index (χ0n) is 11.1. The number of nitrogens with two attached hydrogens (primary N) is 1. The SMILES string of the molecule is COc1ccc(Cl)cc1C(N(C)C)C(C)(C)N. The molecule has 0 radical (unpaired) electrons. The predicted molar refractivity (Wildman–Crippen MR) is 72.7 cm³/mol. The Hall–Kier alpha value is -0.770. The molecule has 0 aromatic heterocycles. The van der Waals surface area contributed by atoms with Crippen LogP contribution in [-0.2, 0) is 0 Å². The Morgan fingerprint density at radius 2 is 1.94 bits per heavy atom. The van der Waals surface area contributed by atoms with Gasteiger partial charge in [0, 0.05) is 16.1 Å². The van der Waals surface area contributed by atoms with E-state index < -0.39 is 0 Å². The van der Waals surface area contributed by atoms with E-state index in [4.69, 9.17) is 22.1 Å². The Balaban J connectivity index is 3.32. The minimum absolute atomic E-state index is 0.0381. The van der Waals surface area contributed by atoms with Crippen LogP contribution in [0.2, 0.25) is 5.02 Å². The second-order valence-electron chi connectivity index (χ2n) is 5.07. The molecule has 4 heteroatoms. The van der Waals surface area contributed by atoms with Crippen molar-refractivity contribution in [3.8, 4) is 5.75 Å². The molecule has 1 aromatic carbocycles. The maximum Gasteiger partial charge on any atom is 0.123 e. The maximum atomic E-state index is 6.25. The molecule has 0 heterocycles. The Morgan fingerprint density at radius 1 is 1.35 bits per heavy atom. The Kier molecular flexibility index (Phi) is 4.42. The smallest absolute Gasteiger partial charge is 0.123 e. The summed E-state index contributed by atoms with van der Waals surface area (Å²) >= 11 is 6.06. The first-order valence-electron chi connectivity index (χ1n) is 5.56. The van der Waals surface area contributed by atoms with E-state index in [1.165, 1.54) is 0 Å². The van der Waals surface area contributed by atoms with Gasteiger partial charge in [-0.15, -0.1) is 0 Å². The van der Waals surface area contributed by atoms with E-state index in [1.54, 1.807) is 7.11 Å². The highest BCUT2D eigenvalue weighted by molar-refractivity contribution is 6.30. The van der Waals surface area contributed by atoms with E-state index >= 15 is 0 Å². The van der Waals surface area contributed by atoms with Crippen LogP contribution in [0.1, 0.15) is 25.5 Å². The van der Waals surface area contributed by atoms with E-state index in [2.05, 4.69) is 4.90 Å². The molecule has 2 N–H and O–H groups in total. The molecule has 0 spiro atoms. The van der Waals surface area contributed by atoms with Crippen molar-refractivity contribution in [2.24, 2.45) is 5.73 Å². The zero-order chi connectivity index (χ0) is 13.2. The zero-order valence-corrected chi connectivity index (χ0v) is 11.9. The lowest BCUT2D eigenvalue weighted by Gasteiger charge is -2.36. The predicted octanol–water partition coefficient (Wildman–Crippen LogP) is 2.69. The number of ether oxygens (including phenoxy) is 1. The fourth-order valence-corrected chi connectivity index (χ4v) is 2.44. The number of likely N-dealkylation sites (N-methyl/N-ethyl adjacent to an activating group) is 1. The molecule has 96 valence electrons. The van der Waals surface area contributed by atoms with Crippen LogP contribution in [0.4, 0.5) is 0 Å². The van der Waals surface area contributed by atoms with Crippen LogP contribution in [0.5, 0.6) is 5.75 Å². The summed E-state index contributed by atoms with van der Waals surface area (Å²) in [5, 5.41) is 0.692. The molecule has 0 fully saturated rings. The summed E-state index contributed by atoms with van der Waals surface area (Å²) in [7, 11) is 5.65. The molecular formula is C13H21ClN2O. The average Bonchev–Trinajstić information content (AvgIpc) is 2.15. The van der Waals surface area contributed by atoms with Gasteiger partial charge in [0.2, 0.25) is 0 Å². The summed E-state index contributed by atoms with van der Waals surface area (Å²) in [4.78, 5) is 2.08. The standard InChI is InChI=1S/C13H21ClN2O/c1-13(2,15)12(16(3)4)10-8-9(14)6-7-11(10)17-5/h6-8,12H,15H2,1-5H3. The molecule has 17 heavy (non-hydrogen) atoms. The third-order valence-corrected chi connectivity index (χ3v) is 2.94. The van der Waals surface area contributed by atoms with Crippen molar-refractivity contribution in [3.05, 3.63) is 28.8 Å². The van der Waals surface area contributed by atoms with Gasteiger partial charge in [-0.1, -0.05) is 11.6 Å². The largest absolute Gasteiger partial charge is 0.496 e. The second kappa shape index (κ2) is 5.25. The van der Waals surface area contributed by atoms with Gasteiger partial charge in [0.15, 0.2) is 0 Å². The summed E-state index contributed by atoms with van der Waals surface area (Å²) in [6.45, 7) is 4.00. The maximum absolute atomic E-state index is 6.25. The van der Waals surface area contributed by atoms with E-state index in [1.807, 2.05) is 46.1 Å². The highest BCUT2D eigenvalue weighted by Crippen LogP contribution is 2.36. The van der Waals surface area contributed by atoms with Gasteiger partial charge in [0.25, 0.3) is 0 Å². The van der Waals surface area contributed by atoms with Gasteiger partial charge in [0.05, 0.1) is 13.2 Å². The van der Waals surface area contributed by atoms with Crippen LogP contribution >= 0.6 is 11.6 Å². The van der Waals surface area contributed by atoms with Gasteiger partial charge < -0.3 is 15.4 Å². The van der Waals surface area contributed by atoms with Gasteiger partial charge in [-0.3, -0.25) is 0 Å². The van der Waals surface area contributed by atoms with Gasteiger partial charge in [-0.05, 0) is 46.1 Å². The van der Waals surface area contributed by atoms with Crippen LogP contribution in [0, 0.1) is 0 Å². The number of nitrogens with zero attached hydrogens (tertiary/aromatic N) is 1. The van der Waals surface area contributed by atoms with Gasteiger partial charge in [0.1, 0.15) is 5.75 Å². The van der Waals surface area contributed by atoms with Crippen molar-refractivity contribution in [3.63, 3.8) is 0 Å². The molecule has 0 amide bonds. The lowest BCUT2D eigenvalue weighted by Crippen LogP contribution is -2.46. The number of hydrogen-bond acceptors (Lipinski definition) is 3. The Labute approximate surface area is 109 Å². The van der Waals surface area contributed by atoms with Crippen LogP contribution in [0.25, 0.3) is 0 Å². The molecule has 0 aliphatic heterocycles. The van der Waals surface area contributed by atoms with Crippen molar-refractivity contribution >= 4 is 11.6 Å². The summed E-state index contributed by atoms with van der Waals surface area (Å²) in [6, 6.07) is 5.65. The van der Waals surface area contributed by atoms with Gasteiger partial charge in [-0.2, -0.15) is 0 Å². The molecule has 1 atom stereocenters. The summed E-state index contributed by atoms with van der Waals surface area (Å²) in [6.07, 6.45) is 0. The number of benzene rings is 1. The molecular weight excluding hydrogens is 236 g/mol. The highest BCUT2D eigenvalue weighted by Gasteiger charge is 2.31. The second-order valence-corrected chi connectivity index (χ2v) is 5.51. The number of rotatable bonds is 4. The summed E-state index contributed by atoms with van der Waals surface area (Å²) < 4.78 is 5.39. The first kappa shape index (κ1) is 14.3. The number of hydrogen-bond donors (Lipinski definition) is 1. The monoisotopic (exact) mass is 256 g/mol. The lowest BCUT2D eigenvalue weighted by atomic mass is 9.88. The molecule has 0 bridgehead atoms. The Morgan fingerprint density at radius 3 is 2.35 bits per heavy atom. The average molecular weight is 257 g/mol. The fraction of sp³-hybridized carbons (Fsp3) is 0.538. The van der Waals surface area contributed by atoms with E-state index in [0.29, 0.717) is 5.02 Å². The molecule has 0 saturated heterocycles. The number of methoxy groups -OCH3 is 1. The van der Waals surface area contributed by atoms with Crippen molar-refractivity contribution in [1.29, 1.82) is 0 Å². The van der Waals surface area contributed by atoms with Crippen molar-refractivity contribution in [2.45, 2.75) is 25.4 Å². The molecule has 1 aromatic rings. The quantitative estimate of drug-likeness (QED) is 0.900. The third kappa shape index (κ3) is 3.35. The first-order valence-corrected chi connectivity index (χ1v) is 5.94. The minimum atomic E-state index is -0.387. The van der Waals surface area contributed by atoms with Crippen LogP contribution in [0.3, 0.4) is 0 Å². The van der Waals surface area contributed by atoms with Crippen LogP contribution in [0.15, 0.2) is 18.2 Å². The number of halogens is 1. The lowest BCUT2D eigenvalue weighted by molar-refractivity contribution is 0.200. The Bertz CT molecular complexity index is 385. The highest BCUT2D eigenvalue weighted by atomic mass is 35.5. The molecule has 0 aliphatic rings. The molecule has 1 rings (SSSR count). The van der Waals surface area contributed by atoms with Gasteiger partial charge in [-0.25, -0.2) is 0 Å². The fourth-order valence-electron chi connectivity index (χ4n) is 2.26. The molecule has 1 unspecified atom stereocenters. The minimum Gasteiger partial charge on any atom is -0.496 e.